The highest BCUT2D eigenvalue weighted by Crippen LogP contribution is 2.08. The van der Waals surface area contributed by atoms with E-state index >= 15 is 0 Å². The molecule has 1 aromatic rings. The summed E-state index contributed by atoms with van der Waals surface area (Å²) in [5.74, 6) is -0.335. The monoisotopic (exact) mass is 227 g/mol. The number of primary amides is 1. The molecule has 3 nitrogen and oxygen atoms in total. The number of nitrogens with two attached hydrogens (primary N) is 1. The maximum Gasteiger partial charge on any atom is 0.218 e. The van der Waals surface area contributed by atoms with Gasteiger partial charge >= 0.3 is 0 Å². The molecular formula is C8H8BrN2O. The summed E-state index contributed by atoms with van der Waals surface area (Å²) in [6.45, 7) is 0. The van der Waals surface area contributed by atoms with Crippen molar-refractivity contribution in [3.8, 4) is 0 Å². The van der Waals surface area contributed by atoms with Gasteiger partial charge in [0.2, 0.25) is 5.91 Å². The summed E-state index contributed by atoms with van der Waals surface area (Å²) in [6.07, 6.45) is 3.66. The third-order valence-corrected chi connectivity index (χ3v) is 1.76. The lowest BCUT2D eigenvalue weighted by Gasteiger charge is -1.96. The molecule has 0 aliphatic rings. The van der Waals surface area contributed by atoms with Gasteiger partial charge in [-0.3, -0.25) is 4.79 Å². The molecule has 0 saturated carbocycles. The molecule has 63 valence electrons. The molecule has 0 fully saturated rings. The fourth-order valence-corrected chi connectivity index (χ4v) is 0.961. The van der Waals surface area contributed by atoms with E-state index in [0.717, 1.165) is 10.2 Å². The lowest BCUT2D eigenvalue weighted by molar-refractivity contribution is -0.117. The third-order valence-electron chi connectivity index (χ3n) is 1.29. The Labute approximate surface area is 79.1 Å². The van der Waals surface area contributed by atoms with Gasteiger partial charge in [0.1, 0.15) is 4.60 Å². The first kappa shape index (κ1) is 9.19. The second kappa shape index (κ2) is 4.21. The molecule has 1 rings (SSSR count). The van der Waals surface area contributed by atoms with Crippen molar-refractivity contribution < 1.29 is 4.79 Å². The molecular weight excluding hydrogens is 220 g/mol. The zero-order valence-electron chi connectivity index (χ0n) is 6.33. The fourth-order valence-electron chi connectivity index (χ4n) is 0.726. The molecule has 0 bridgehead atoms. The molecule has 12 heavy (non-hydrogen) atoms. The van der Waals surface area contributed by atoms with Crippen molar-refractivity contribution in [3.63, 3.8) is 0 Å². The van der Waals surface area contributed by atoms with Crippen LogP contribution in [0.1, 0.15) is 12.0 Å². The highest BCUT2D eigenvalue weighted by molar-refractivity contribution is 9.10. The lowest BCUT2D eigenvalue weighted by atomic mass is 10.1. The van der Waals surface area contributed by atoms with E-state index in [-0.39, 0.29) is 12.3 Å². The van der Waals surface area contributed by atoms with Crippen LogP contribution in [0.25, 0.3) is 0 Å². The molecule has 1 radical (unpaired) electrons. The number of nitrogens with zero attached hydrogens (tertiary/aromatic N) is 1. The van der Waals surface area contributed by atoms with Crippen LogP contribution in [0.15, 0.2) is 22.9 Å². The minimum Gasteiger partial charge on any atom is -0.370 e. The average molecular weight is 228 g/mol. The molecule has 1 heterocycles. The number of carbonyl (C=O) groups excluding carboxylic acids is 1. The van der Waals surface area contributed by atoms with E-state index in [1.807, 2.05) is 12.1 Å². The highest BCUT2D eigenvalue weighted by atomic mass is 79.9. The van der Waals surface area contributed by atoms with Gasteiger partial charge in [0.25, 0.3) is 0 Å². The molecule has 2 N–H and O–H groups in total. The van der Waals surface area contributed by atoms with Crippen molar-refractivity contribution in [3.05, 3.63) is 34.9 Å². The Balaban J connectivity index is 2.53. The summed E-state index contributed by atoms with van der Waals surface area (Å²) in [7, 11) is 0. The summed E-state index contributed by atoms with van der Waals surface area (Å²) >= 11 is 3.21. The molecule has 0 saturated heterocycles. The van der Waals surface area contributed by atoms with E-state index in [0.29, 0.717) is 0 Å². The predicted octanol–water partition coefficient (Wildman–Crippen LogP) is 1.27. The number of hydrogen-bond acceptors (Lipinski definition) is 2. The topological polar surface area (TPSA) is 56.0 Å². The Morgan fingerprint density at radius 2 is 2.42 bits per heavy atom. The van der Waals surface area contributed by atoms with Gasteiger partial charge in [0.05, 0.1) is 0 Å². The number of halogens is 1. The molecule has 4 heteroatoms. The predicted molar refractivity (Wildman–Crippen MR) is 49.2 cm³/mol. The van der Waals surface area contributed by atoms with Crippen LogP contribution >= 0.6 is 15.9 Å². The van der Waals surface area contributed by atoms with Gasteiger partial charge in [-0.1, -0.05) is 6.07 Å². The first-order valence-electron chi connectivity index (χ1n) is 3.41. The van der Waals surface area contributed by atoms with Crippen molar-refractivity contribution >= 4 is 21.8 Å². The number of hydrogen-bond donors (Lipinski definition) is 1. The van der Waals surface area contributed by atoms with Crippen LogP contribution in [0, 0.1) is 6.42 Å². The lowest BCUT2D eigenvalue weighted by Crippen LogP contribution is -2.10. The minimum atomic E-state index is -0.335. The first-order chi connectivity index (χ1) is 5.68. The molecule has 1 aromatic heterocycles. The SMILES string of the molecule is NC(=O)C[CH]c1ccc(Br)nc1. The summed E-state index contributed by atoms with van der Waals surface area (Å²) in [5.41, 5.74) is 5.87. The Bertz CT molecular complexity index is 271. The zero-order valence-corrected chi connectivity index (χ0v) is 7.91. The Kier molecular flexibility index (Phi) is 3.22. The Morgan fingerprint density at radius 1 is 1.67 bits per heavy atom. The average Bonchev–Trinajstić information content (AvgIpc) is 2.03. The molecule has 0 aromatic carbocycles. The fraction of sp³-hybridized carbons (Fsp3) is 0.125. The van der Waals surface area contributed by atoms with Gasteiger partial charge in [0, 0.05) is 19.0 Å². The second-order valence-electron chi connectivity index (χ2n) is 2.29. The summed E-state index contributed by atoms with van der Waals surface area (Å²) in [4.78, 5) is 14.4. The highest BCUT2D eigenvalue weighted by Gasteiger charge is 1.97. The smallest absolute Gasteiger partial charge is 0.218 e. The third kappa shape index (κ3) is 3.00. The van der Waals surface area contributed by atoms with Crippen LogP contribution in [-0.2, 0) is 4.79 Å². The normalized spacial score (nSPS) is 9.75. The van der Waals surface area contributed by atoms with Gasteiger partial charge in [-0.05, 0) is 27.6 Å². The van der Waals surface area contributed by atoms with E-state index in [1.165, 1.54) is 0 Å². The number of rotatable bonds is 3. The first-order valence-corrected chi connectivity index (χ1v) is 4.21. The van der Waals surface area contributed by atoms with Crippen molar-refractivity contribution in [2.45, 2.75) is 6.42 Å². The summed E-state index contributed by atoms with van der Waals surface area (Å²) in [6, 6.07) is 3.67. The quantitative estimate of drug-likeness (QED) is 0.792. The van der Waals surface area contributed by atoms with Crippen molar-refractivity contribution in [2.75, 3.05) is 0 Å². The maximum atomic E-state index is 10.4. The van der Waals surface area contributed by atoms with Crippen LogP contribution in [0.3, 0.4) is 0 Å². The molecule has 0 unspecified atom stereocenters. The van der Waals surface area contributed by atoms with Crippen LogP contribution in [0.5, 0.6) is 0 Å². The zero-order chi connectivity index (χ0) is 8.97. The Morgan fingerprint density at radius 3 is 2.92 bits per heavy atom. The van der Waals surface area contributed by atoms with Gasteiger partial charge in [0.15, 0.2) is 0 Å². The standard InChI is InChI=1S/C8H8BrN2O/c9-7-3-1-6(5-11-7)2-4-8(10)12/h1-3,5H,4H2,(H2,10,12). The molecule has 0 spiro atoms. The van der Waals surface area contributed by atoms with E-state index in [4.69, 9.17) is 5.73 Å². The Hall–Kier alpha value is -0.900. The molecule has 1 amide bonds. The van der Waals surface area contributed by atoms with Crippen LogP contribution in [0.4, 0.5) is 0 Å². The summed E-state index contributed by atoms with van der Waals surface area (Å²) in [5, 5.41) is 0. The molecule has 0 aliphatic carbocycles. The number of carbonyl (C=O) groups is 1. The summed E-state index contributed by atoms with van der Waals surface area (Å²) < 4.78 is 0.777. The van der Waals surface area contributed by atoms with Gasteiger partial charge in [-0.15, -0.1) is 0 Å². The van der Waals surface area contributed by atoms with Crippen molar-refractivity contribution in [1.82, 2.24) is 4.98 Å². The van der Waals surface area contributed by atoms with Crippen molar-refractivity contribution in [2.24, 2.45) is 5.73 Å². The number of pyridine rings is 1. The maximum absolute atomic E-state index is 10.4. The largest absolute Gasteiger partial charge is 0.370 e. The minimum absolute atomic E-state index is 0.253. The van der Waals surface area contributed by atoms with E-state index < -0.39 is 0 Å². The van der Waals surface area contributed by atoms with E-state index in [9.17, 15) is 4.79 Å². The second-order valence-corrected chi connectivity index (χ2v) is 3.10. The van der Waals surface area contributed by atoms with Crippen LogP contribution < -0.4 is 5.73 Å². The molecule has 0 atom stereocenters. The van der Waals surface area contributed by atoms with Crippen LogP contribution in [0.2, 0.25) is 0 Å². The van der Waals surface area contributed by atoms with Gasteiger partial charge in [-0.2, -0.15) is 0 Å². The van der Waals surface area contributed by atoms with Crippen molar-refractivity contribution in [1.29, 1.82) is 0 Å². The number of aromatic nitrogens is 1. The molecule has 0 aliphatic heterocycles. The van der Waals surface area contributed by atoms with Gasteiger partial charge < -0.3 is 5.73 Å². The number of amides is 1. The van der Waals surface area contributed by atoms with E-state index in [1.54, 1.807) is 12.6 Å². The van der Waals surface area contributed by atoms with E-state index in [2.05, 4.69) is 20.9 Å². The van der Waals surface area contributed by atoms with Crippen LogP contribution in [-0.4, -0.2) is 10.9 Å². The van der Waals surface area contributed by atoms with Gasteiger partial charge in [-0.25, -0.2) is 4.98 Å².